The molecular formula is C19H28N4O. The molecule has 1 aromatic carbocycles. The fraction of sp³-hybridized carbons (Fsp3) is 0.474. The molecule has 0 aliphatic carbocycles. The molecule has 0 radical (unpaired) electrons. The van der Waals surface area contributed by atoms with Crippen molar-refractivity contribution in [2.45, 2.75) is 40.5 Å². The molecule has 0 fully saturated rings. The number of hydrogen-bond donors (Lipinski definition) is 2. The number of aryl methyl sites for hydroxylation is 1. The molecule has 130 valence electrons. The summed E-state index contributed by atoms with van der Waals surface area (Å²) in [7, 11) is 0. The third-order valence-corrected chi connectivity index (χ3v) is 4.03. The van der Waals surface area contributed by atoms with Crippen molar-refractivity contribution >= 4 is 5.91 Å². The summed E-state index contributed by atoms with van der Waals surface area (Å²) >= 11 is 0. The van der Waals surface area contributed by atoms with E-state index in [0.29, 0.717) is 24.6 Å². The van der Waals surface area contributed by atoms with Gasteiger partial charge in [0.1, 0.15) is 0 Å². The number of nitrogens with one attached hydrogen (secondary N) is 1. The molecule has 24 heavy (non-hydrogen) atoms. The molecule has 0 saturated carbocycles. The highest BCUT2D eigenvalue weighted by Crippen LogP contribution is 2.22. The Kier molecular flexibility index (Phi) is 6.15. The van der Waals surface area contributed by atoms with Crippen LogP contribution in [0.2, 0.25) is 0 Å². The lowest BCUT2D eigenvalue weighted by Crippen LogP contribution is -2.27. The Bertz CT molecular complexity index is 703. The molecule has 0 unspecified atom stereocenters. The number of amides is 1. The Hall–Kier alpha value is -2.14. The first-order valence-electron chi connectivity index (χ1n) is 8.58. The second-order valence-electron chi connectivity index (χ2n) is 6.60. The van der Waals surface area contributed by atoms with E-state index in [0.717, 1.165) is 35.5 Å². The van der Waals surface area contributed by atoms with Crippen molar-refractivity contribution in [3.8, 4) is 5.69 Å². The van der Waals surface area contributed by atoms with Crippen LogP contribution in [-0.2, 0) is 6.42 Å². The summed E-state index contributed by atoms with van der Waals surface area (Å²) in [5.41, 5.74) is 10.1. The van der Waals surface area contributed by atoms with E-state index >= 15 is 0 Å². The van der Waals surface area contributed by atoms with Gasteiger partial charge in [0.2, 0.25) is 0 Å². The number of carbonyl (C=O) groups is 1. The standard InChI is InChI=1S/C19H28N4O/c1-13(2)12-16-18(19(24)21-11-7-10-20)15(4)23(22-16)17-9-6-5-8-14(17)3/h5-6,8-9,13H,7,10-12,20H2,1-4H3,(H,21,24). The van der Waals surface area contributed by atoms with Crippen molar-refractivity contribution in [1.29, 1.82) is 0 Å². The lowest BCUT2D eigenvalue weighted by atomic mass is 10.0. The first-order valence-corrected chi connectivity index (χ1v) is 8.58. The molecular weight excluding hydrogens is 300 g/mol. The number of aromatic nitrogens is 2. The van der Waals surface area contributed by atoms with E-state index in [-0.39, 0.29) is 5.91 Å². The highest BCUT2D eigenvalue weighted by Gasteiger charge is 2.22. The predicted octanol–water partition coefficient (Wildman–Crippen LogP) is 2.77. The second kappa shape index (κ2) is 8.11. The summed E-state index contributed by atoms with van der Waals surface area (Å²) in [5, 5.41) is 7.72. The van der Waals surface area contributed by atoms with Gasteiger partial charge in [0.05, 0.1) is 22.6 Å². The zero-order valence-corrected chi connectivity index (χ0v) is 15.1. The minimum absolute atomic E-state index is 0.0589. The Morgan fingerprint density at radius 1 is 1.29 bits per heavy atom. The monoisotopic (exact) mass is 328 g/mol. The van der Waals surface area contributed by atoms with Crippen molar-refractivity contribution in [3.05, 3.63) is 46.8 Å². The summed E-state index contributed by atoms with van der Waals surface area (Å²) in [5.74, 6) is 0.372. The second-order valence-corrected chi connectivity index (χ2v) is 6.60. The van der Waals surface area contributed by atoms with Gasteiger partial charge in [-0.3, -0.25) is 4.79 Å². The molecule has 5 heteroatoms. The van der Waals surface area contributed by atoms with Crippen molar-refractivity contribution in [2.24, 2.45) is 11.7 Å². The topological polar surface area (TPSA) is 72.9 Å². The van der Waals surface area contributed by atoms with Gasteiger partial charge >= 0.3 is 0 Å². The van der Waals surface area contributed by atoms with Crippen LogP contribution in [-0.4, -0.2) is 28.8 Å². The van der Waals surface area contributed by atoms with Crippen LogP contribution in [0.5, 0.6) is 0 Å². The lowest BCUT2D eigenvalue weighted by molar-refractivity contribution is 0.0952. The highest BCUT2D eigenvalue weighted by atomic mass is 16.1. The zero-order chi connectivity index (χ0) is 17.7. The van der Waals surface area contributed by atoms with Crippen molar-refractivity contribution in [3.63, 3.8) is 0 Å². The summed E-state index contributed by atoms with van der Waals surface area (Å²) in [6, 6.07) is 8.09. The molecule has 2 rings (SSSR count). The minimum Gasteiger partial charge on any atom is -0.352 e. The minimum atomic E-state index is -0.0589. The van der Waals surface area contributed by atoms with E-state index in [1.807, 2.05) is 29.8 Å². The molecule has 5 nitrogen and oxygen atoms in total. The van der Waals surface area contributed by atoms with E-state index in [2.05, 4.69) is 32.2 Å². The van der Waals surface area contributed by atoms with E-state index in [1.54, 1.807) is 0 Å². The largest absolute Gasteiger partial charge is 0.352 e. The van der Waals surface area contributed by atoms with Crippen LogP contribution < -0.4 is 11.1 Å². The highest BCUT2D eigenvalue weighted by molar-refractivity contribution is 5.96. The summed E-state index contributed by atoms with van der Waals surface area (Å²) in [6.07, 6.45) is 1.55. The van der Waals surface area contributed by atoms with Crippen molar-refractivity contribution in [2.75, 3.05) is 13.1 Å². The van der Waals surface area contributed by atoms with E-state index in [9.17, 15) is 4.79 Å². The normalized spacial score (nSPS) is 11.1. The van der Waals surface area contributed by atoms with Gasteiger partial charge in [0.25, 0.3) is 5.91 Å². The van der Waals surface area contributed by atoms with Crippen LogP contribution in [0.4, 0.5) is 0 Å². The number of para-hydroxylation sites is 1. The fourth-order valence-electron chi connectivity index (χ4n) is 2.81. The number of benzene rings is 1. The maximum absolute atomic E-state index is 12.7. The van der Waals surface area contributed by atoms with Crippen molar-refractivity contribution in [1.82, 2.24) is 15.1 Å². The first-order chi connectivity index (χ1) is 11.5. The SMILES string of the molecule is Cc1ccccc1-n1nc(CC(C)C)c(C(=O)NCCCN)c1C. The average Bonchev–Trinajstić information content (AvgIpc) is 2.83. The molecule has 0 spiro atoms. The van der Waals surface area contributed by atoms with Crippen LogP contribution >= 0.6 is 0 Å². The maximum atomic E-state index is 12.7. The number of carbonyl (C=O) groups excluding carboxylic acids is 1. The predicted molar refractivity (Wildman–Crippen MR) is 97.6 cm³/mol. The van der Waals surface area contributed by atoms with Crippen LogP contribution in [0.3, 0.4) is 0 Å². The smallest absolute Gasteiger partial charge is 0.255 e. The maximum Gasteiger partial charge on any atom is 0.255 e. The van der Waals surface area contributed by atoms with E-state index in [4.69, 9.17) is 10.8 Å². The number of rotatable bonds is 7. The molecule has 0 bridgehead atoms. The van der Waals surface area contributed by atoms with Crippen LogP contribution in [0, 0.1) is 19.8 Å². The summed E-state index contributed by atoms with van der Waals surface area (Å²) in [6.45, 7) is 9.45. The number of nitrogens with two attached hydrogens (primary N) is 1. The lowest BCUT2D eigenvalue weighted by Gasteiger charge is -2.09. The number of hydrogen-bond acceptors (Lipinski definition) is 3. The Morgan fingerprint density at radius 3 is 2.62 bits per heavy atom. The van der Waals surface area contributed by atoms with E-state index < -0.39 is 0 Å². The Balaban J connectivity index is 2.44. The van der Waals surface area contributed by atoms with Crippen LogP contribution in [0.25, 0.3) is 5.69 Å². The Labute approximate surface area is 144 Å². The van der Waals surface area contributed by atoms with Gasteiger partial charge in [-0.25, -0.2) is 4.68 Å². The molecule has 1 heterocycles. The molecule has 1 aromatic heterocycles. The first kappa shape index (κ1) is 18.2. The third-order valence-electron chi connectivity index (χ3n) is 4.03. The van der Waals surface area contributed by atoms with Gasteiger partial charge in [-0.15, -0.1) is 0 Å². The molecule has 0 atom stereocenters. The molecule has 1 amide bonds. The van der Waals surface area contributed by atoms with E-state index in [1.165, 1.54) is 0 Å². The molecule has 2 aromatic rings. The molecule has 0 saturated heterocycles. The Morgan fingerprint density at radius 2 is 2.00 bits per heavy atom. The fourth-order valence-corrected chi connectivity index (χ4v) is 2.81. The third kappa shape index (κ3) is 4.03. The van der Waals surface area contributed by atoms with Gasteiger partial charge in [0, 0.05) is 6.54 Å². The number of nitrogens with zero attached hydrogens (tertiary/aromatic N) is 2. The van der Waals surface area contributed by atoms with Gasteiger partial charge < -0.3 is 11.1 Å². The van der Waals surface area contributed by atoms with Crippen molar-refractivity contribution < 1.29 is 4.79 Å². The molecule has 0 aliphatic rings. The van der Waals surface area contributed by atoms with Gasteiger partial charge in [-0.05, 0) is 50.8 Å². The summed E-state index contributed by atoms with van der Waals surface area (Å²) in [4.78, 5) is 12.7. The van der Waals surface area contributed by atoms with Gasteiger partial charge in [-0.1, -0.05) is 32.0 Å². The molecule has 3 N–H and O–H groups in total. The summed E-state index contributed by atoms with van der Waals surface area (Å²) < 4.78 is 1.89. The van der Waals surface area contributed by atoms with Crippen LogP contribution in [0.15, 0.2) is 24.3 Å². The van der Waals surface area contributed by atoms with Crippen LogP contribution in [0.1, 0.15) is 47.6 Å². The zero-order valence-electron chi connectivity index (χ0n) is 15.1. The average molecular weight is 328 g/mol. The quantitative estimate of drug-likeness (QED) is 0.768. The van der Waals surface area contributed by atoms with Gasteiger partial charge in [0.15, 0.2) is 0 Å². The molecule has 0 aliphatic heterocycles. The van der Waals surface area contributed by atoms with Gasteiger partial charge in [-0.2, -0.15) is 5.10 Å².